The second-order valence-electron chi connectivity index (χ2n) is 12.1. The van der Waals surface area contributed by atoms with Crippen molar-refractivity contribution in [2.24, 2.45) is 17.8 Å². The fourth-order valence-electron chi connectivity index (χ4n) is 7.83. The van der Waals surface area contributed by atoms with Crippen LogP contribution in [0.25, 0.3) is 0 Å². The Morgan fingerprint density at radius 1 is 0.773 bits per heavy atom. The van der Waals surface area contributed by atoms with Gasteiger partial charge in [-0.1, -0.05) is 73.7 Å². The number of thiocarbonyl (C=S) groups is 1. The predicted octanol–water partition coefficient (Wildman–Crippen LogP) is 7.43. The van der Waals surface area contributed by atoms with Crippen LogP contribution >= 0.6 is 12.2 Å². The van der Waals surface area contributed by atoms with Gasteiger partial charge in [0.2, 0.25) is 5.75 Å². The molecule has 0 radical (unpaired) electrons. The van der Waals surface area contributed by atoms with Gasteiger partial charge in [-0.15, -0.1) is 0 Å². The SMILES string of the molecule is CC1CC2C(c3ccccc3)NC(=S)NC23Oc2c(ccc4c2Oc2cc(C#N)c(C#N)cc2O4)C(c2ccccc2)C3C1. The third kappa shape index (κ3) is 3.95. The van der Waals surface area contributed by atoms with Crippen LogP contribution in [0.2, 0.25) is 0 Å². The highest BCUT2D eigenvalue weighted by molar-refractivity contribution is 7.80. The van der Waals surface area contributed by atoms with E-state index in [1.54, 1.807) is 12.1 Å². The van der Waals surface area contributed by atoms with Gasteiger partial charge in [0.05, 0.1) is 17.2 Å². The zero-order valence-corrected chi connectivity index (χ0v) is 24.7. The molecule has 2 N–H and O–H groups in total. The van der Waals surface area contributed by atoms with Gasteiger partial charge in [0, 0.05) is 35.4 Å². The van der Waals surface area contributed by atoms with Crippen LogP contribution in [0.1, 0.15) is 59.5 Å². The van der Waals surface area contributed by atoms with Gasteiger partial charge in [-0.05, 0) is 48.2 Å². The van der Waals surface area contributed by atoms with E-state index in [9.17, 15) is 10.5 Å². The average Bonchev–Trinajstić information content (AvgIpc) is 3.05. The minimum absolute atomic E-state index is 0.0130. The van der Waals surface area contributed by atoms with E-state index in [1.807, 2.05) is 18.2 Å². The topological polar surface area (TPSA) is 99.3 Å². The van der Waals surface area contributed by atoms with Crippen molar-refractivity contribution in [3.63, 3.8) is 0 Å². The van der Waals surface area contributed by atoms with E-state index in [1.165, 1.54) is 11.1 Å². The molecular weight excluding hydrogens is 568 g/mol. The maximum Gasteiger partial charge on any atom is 0.212 e. The molecule has 44 heavy (non-hydrogen) atoms. The lowest BCUT2D eigenvalue weighted by molar-refractivity contribution is -0.133. The Hall–Kier alpha value is -5.05. The Balaban J connectivity index is 1.33. The number of nitriles is 2. The van der Waals surface area contributed by atoms with Crippen LogP contribution < -0.4 is 24.8 Å². The zero-order chi connectivity index (χ0) is 30.0. The van der Waals surface area contributed by atoms with Gasteiger partial charge in [0.25, 0.3) is 0 Å². The highest BCUT2D eigenvalue weighted by Crippen LogP contribution is 2.63. The van der Waals surface area contributed by atoms with Gasteiger partial charge in [-0.25, -0.2) is 0 Å². The molecule has 2 fully saturated rings. The summed E-state index contributed by atoms with van der Waals surface area (Å²) in [5, 5.41) is 27.1. The summed E-state index contributed by atoms with van der Waals surface area (Å²) < 4.78 is 20.1. The molecule has 0 bridgehead atoms. The molecule has 3 aliphatic heterocycles. The second kappa shape index (κ2) is 10.0. The number of nitrogens with one attached hydrogen (secondary N) is 2. The summed E-state index contributed by atoms with van der Waals surface area (Å²) in [4.78, 5) is 0. The smallest absolute Gasteiger partial charge is 0.212 e. The van der Waals surface area contributed by atoms with Crippen LogP contribution in [-0.4, -0.2) is 10.8 Å². The van der Waals surface area contributed by atoms with Gasteiger partial charge < -0.3 is 24.8 Å². The number of nitrogens with zero attached hydrogens (tertiary/aromatic N) is 2. The molecule has 3 heterocycles. The molecule has 6 atom stereocenters. The Morgan fingerprint density at radius 2 is 1.41 bits per heavy atom. The fraction of sp³-hybridized carbons (Fsp3) is 0.250. The van der Waals surface area contributed by atoms with Gasteiger partial charge in [0.1, 0.15) is 12.1 Å². The Labute approximate surface area is 261 Å². The normalized spacial score (nSPS) is 27.3. The first kappa shape index (κ1) is 26.6. The number of ether oxygens (including phenoxy) is 3. The van der Waals surface area contributed by atoms with Crippen molar-refractivity contribution < 1.29 is 14.2 Å². The number of fused-ring (bicyclic) bond motifs is 4. The molecule has 0 aromatic heterocycles. The minimum Gasteiger partial charge on any atom is -0.463 e. The zero-order valence-electron chi connectivity index (χ0n) is 23.9. The van der Waals surface area contributed by atoms with E-state index in [0.29, 0.717) is 39.8 Å². The van der Waals surface area contributed by atoms with E-state index in [0.717, 1.165) is 18.4 Å². The molecule has 7 nitrogen and oxygen atoms in total. The molecule has 4 aliphatic rings. The second-order valence-corrected chi connectivity index (χ2v) is 12.6. The van der Waals surface area contributed by atoms with Crippen molar-refractivity contribution in [3.05, 3.63) is 113 Å². The fourth-order valence-corrected chi connectivity index (χ4v) is 8.11. The molecule has 8 heteroatoms. The lowest BCUT2D eigenvalue weighted by Crippen LogP contribution is -2.74. The van der Waals surface area contributed by atoms with Crippen LogP contribution in [0.3, 0.4) is 0 Å². The summed E-state index contributed by atoms with van der Waals surface area (Å²) in [5.41, 5.74) is 3.00. The Kier molecular flexibility index (Phi) is 6.04. The highest BCUT2D eigenvalue weighted by Gasteiger charge is 2.62. The standard InChI is InChI=1S/C36H28N4O3S/c1-20-14-26-31(21-8-4-2-5-9-21)25-12-13-28-34(42-30-17-24(19-38)23(18-37)16-29(30)41-28)33(25)43-36(26)27(15-20)32(39-35(44)40-36)22-10-6-3-7-11-22/h2-13,16-17,20,26-27,31-32H,14-15H2,1H3,(H2,39,40,44). The van der Waals surface area contributed by atoms with Crippen LogP contribution in [0.4, 0.5) is 0 Å². The highest BCUT2D eigenvalue weighted by atomic mass is 32.1. The summed E-state index contributed by atoms with van der Waals surface area (Å²) in [6, 6.07) is 32.2. The number of hydrogen-bond donors (Lipinski definition) is 2. The summed E-state index contributed by atoms with van der Waals surface area (Å²) in [6.07, 6.45) is 1.89. The molecule has 4 aromatic carbocycles. The van der Waals surface area contributed by atoms with E-state index in [-0.39, 0.29) is 34.9 Å². The van der Waals surface area contributed by atoms with Crippen LogP contribution in [0, 0.1) is 40.4 Å². The maximum absolute atomic E-state index is 9.67. The van der Waals surface area contributed by atoms with Crippen molar-refractivity contribution >= 4 is 17.3 Å². The first-order valence-electron chi connectivity index (χ1n) is 14.9. The largest absolute Gasteiger partial charge is 0.463 e. The monoisotopic (exact) mass is 596 g/mol. The third-order valence-corrected chi connectivity index (χ3v) is 9.82. The molecule has 1 saturated heterocycles. The van der Waals surface area contributed by atoms with E-state index in [2.05, 4.69) is 84.3 Å². The predicted molar refractivity (Wildman–Crippen MR) is 168 cm³/mol. The number of hydrogen-bond acceptors (Lipinski definition) is 6. The maximum atomic E-state index is 9.67. The van der Waals surface area contributed by atoms with Crippen LogP contribution in [0.15, 0.2) is 84.9 Å². The van der Waals surface area contributed by atoms with Gasteiger partial charge in [-0.2, -0.15) is 10.5 Å². The van der Waals surface area contributed by atoms with Crippen molar-refractivity contribution in [2.45, 2.75) is 37.5 Å². The Morgan fingerprint density at radius 3 is 2.09 bits per heavy atom. The summed E-state index contributed by atoms with van der Waals surface area (Å²) >= 11 is 5.91. The van der Waals surface area contributed by atoms with Crippen molar-refractivity contribution in [2.75, 3.05) is 0 Å². The van der Waals surface area contributed by atoms with Crippen molar-refractivity contribution in [1.82, 2.24) is 10.6 Å². The molecule has 216 valence electrons. The van der Waals surface area contributed by atoms with Crippen LogP contribution in [-0.2, 0) is 0 Å². The summed E-state index contributed by atoms with van der Waals surface area (Å²) in [5.74, 6) is 2.85. The molecular formula is C36H28N4O3S. The molecule has 0 amide bonds. The molecule has 1 aliphatic carbocycles. The van der Waals surface area contributed by atoms with Crippen molar-refractivity contribution in [3.8, 4) is 40.9 Å². The molecule has 4 aromatic rings. The molecule has 6 unspecified atom stereocenters. The van der Waals surface area contributed by atoms with Crippen LogP contribution in [0.5, 0.6) is 28.7 Å². The Bertz CT molecular complexity index is 1900. The van der Waals surface area contributed by atoms with Gasteiger partial charge in [-0.3, -0.25) is 0 Å². The van der Waals surface area contributed by atoms with Gasteiger partial charge in [0.15, 0.2) is 33.8 Å². The lowest BCUT2D eigenvalue weighted by Gasteiger charge is -2.60. The first-order valence-corrected chi connectivity index (χ1v) is 15.3. The first-order chi connectivity index (χ1) is 21.5. The lowest BCUT2D eigenvalue weighted by atomic mass is 9.58. The molecule has 8 rings (SSSR count). The molecule has 1 spiro atoms. The quantitative estimate of drug-likeness (QED) is 0.203. The van der Waals surface area contributed by atoms with E-state index < -0.39 is 5.72 Å². The average molecular weight is 597 g/mol. The van der Waals surface area contributed by atoms with E-state index in [4.69, 9.17) is 26.4 Å². The van der Waals surface area contributed by atoms with E-state index >= 15 is 0 Å². The summed E-state index contributed by atoms with van der Waals surface area (Å²) in [7, 11) is 0. The van der Waals surface area contributed by atoms with Gasteiger partial charge >= 0.3 is 0 Å². The number of benzene rings is 4. The number of rotatable bonds is 2. The molecule has 1 saturated carbocycles. The summed E-state index contributed by atoms with van der Waals surface area (Å²) in [6.45, 7) is 2.33. The minimum atomic E-state index is -0.829. The third-order valence-electron chi connectivity index (χ3n) is 9.60. The van der Waals surface area contributed by atoms with Crippen molar-refractivity contribution in [1.29, 1.82) is 10.5 Å².